The quantitative estimate of drug-likeness (QED) is 0.670. The normalized spacial score (nSPS) is 10.4. The Bertz CT molecular complexity index is 515. The Morgan fingerprint density at radius 2 is 2.21 bits per heavy atom. The van der Waals surface area contributed by atoms with Gasteiger partial charge in [0.25, 0.3) is 0 Å². The Hall–Kier alpha value is -1.75. The summed E-state index contributed by atoms with van der Waals surface area (Å²) in [5, 5.41) is 10.1. The van der Waals surface area contributed by atoms with Crippen molar-refractivity contribution in [3.63, 3.8) is 0 Å². The molecule has 0 saturated carbocycles. The van der Waals surface area contributed by atoms with E-state index in [1.165, 1.54) is 5.56 Å². The van der Waals surface area contributed by atoms with Crippen molar-refractivity contribution in [2.45, 2.75) is 20.4 Å². The number of nitriles is 1. The molecule has 2 rings (SSSR count). The maximum absolute atomic E-state index is 9.01. The molecule has 0 saturated heterocycles. The van der Waals surface area contributed by atoms with Gasteiger partial charge in [0, 0.05) is 23.6 Å². The van der Waals surface area contributed by atoms with E-state index >= 15 is 0 Å². The van der Waals surface area contributed by atoms with Crippen LogP contribution in [0.25, 0.3) is 10.9 Å². The summed E-state index contributed by atoms with van der Waals surface area (Å²) in [4.78, 5) is 0. The molecule has 0 aliphatic heterocycles. The van der Waals surface area contributed by atoms with Gasteiger partial charge in [-0.1, -0.05) is 12.1 Å². The van der Waals surface area contributed by atoms with E-state index in [-0.39, 0.29) is 0 Å². The van der Waals surface area contributed by atoms with Crippen LogP contribution < -0.4 is 0 Å². The van der Waals surface area contributed by atoms with Gasteiger partial charge in [0.1, 0.15) is 6.07 Å². The number of nitrogens with zero attached hydrogens (tertiary/aromatic N) is 2. The van der Waals surface area contributed by atoms with Crippen LogP contribution in [0.1, 0.15) is 18.1 Å². The van der Waals surface area contributed by atoms with E-state index in [0.29, 0.717) is 0 Å². The molecule has 2 heteroatoms. The first-order chi connectivity index (χ1) is 6.77. The molecule has 1 heterocycles. The second kappa shape index (κ2) is 3.19. The van der Waals surface area contributed by atoms with E-state index < -0.39 is 0 Å². The largest absolute Gasteiger partial charge is 0.346 e. The topological polar surface area (TPSA) is 28.7 Å². The standard InChI is InChI=1S/C12H12N2/c1-3-14-8-10(7-13)12-9(2)5-4-6-11(12)14/h4-6,8H,3H2,1-2H3. The van der Waals surface area contributed by atoms with Gasteiger partial charge in [0.15, 0.2) is 0 Å². The summed E-state index contributed by atoms with van der Waals surface area (Å²) in [5.74, 6) is 0. The molecular formula is C12H12N2. The molecule has 0 unspecified atom stereocenters. The molecule has 70 valence electrons. The highest BCUT2D eigenvalue weighted by Crippen LogP contribution is 2.23. The zero-order valence-corrected chi connectivity index (χ0v) is 8.41. The van der Waals surface area contributed by atoms with Gasteiger partial charge in [-0.05, 0) is 25.5 Å². The van der Waals surface area contributed by atoms with Gasteiger partial charge in [-0.3, -0.25) is 0 Å². The van der Waals surface area contributed by atoms with Crippen LogP contribution in [0.3, 0.4) is 0 Å². The number of aromatic nitrogens is 1. The Morgan fingerprint density at radius 3 is 2.86 bits per heavy atom. The molecule has 0 bridgehead atoms. The number of hydrogen-bond donors (Lipinski definition) is 0. The van der Waals surface area contributed by atoms with Crippen LogP contribution in [0.4, 0.5) is 0 Å². The SMILES string of the molecule is CCn1cc(C#N)c2c(C)cccc21. The third kappa shape index (κ3) is 1.10. The van der Waals surface area contributed by atoms with Gasteiger partial charge in [-0.15, -0.1) is 0 Å². The van der Waals surface area contributed by atoms with Gasteiger partial charge >= 0.3 is 0 Å². The van der Waals surface area contributed by atoms with E-state index in [2.05, 4.69) is 23.6 Å². The Morgan fingerprint density at radius 1 is 1.43 bits per heavy atom. The van der Waals surface area contributed by atoms with Crippen LogP contribution in [0, 0.1) is 18.3 Å². The van der Waals surface area contributed by atoms with Crippen LogP contribution >= 0.6 is 0 Å². The fourth-order valence-corrected chi connectivity index (χ4v) is 1.88. The number of benzene rings is 1. The van der Waals surface area contributed by atoms with Crippen LogP contribution in [-0.2, 0) is 6.54 Å². The molecule has 0 fully saturated rings. The van der Waals surface area contributed by atoms with Crippen molar-refractivity contribution in [1.82, 2.24) is 4.57 Å². The van der Waals surface area contributed by atoms with Crippen LogP contribution in [0.2, 0.25) is 0 Å². The van der Waals surface area contributed by atoms with Crippen molar-refractivity contribution >= 4 is 10.9 Å². The highest BCUT2D eigenvalue weighted by atomic mass is 14.9. The molecule has 0 N–H and O–H groups in total. The minimum Gasteiger partial charge on any atom is -0.346 e. The third-order valence-electron chi connectivity index (χ3n) is 2.58. The van der Waals surface area contributed by atoms with E-state index in [1.54, 1.807) is 0 Å². The lowest BCUT2D eigenvalue weighted by molar-refractivity contribution is 0.796. The molecular weight excluding hydrogens is 172 g/mol. The molecule has 0 amide bonds. The van der Waals surface area contributed by atoms with Crippen LogP contribution in [-0.4, -0.2) is 4.57 Å². The van der Waals surface area contributed by atoms with Crippen molar-refractivity contribution in [3.8, 4) is 6.07 Å². The average molecular weight is 184 g/mol. The number of fused-ring (bicyclic) bond motifs is 1. The summed E-state index contributed by atoms with van der Waals surface area (Å²) in [7, 11) is 0. The van der Waals surface area contributed by atoms with Crippen LogP contribution in [0.15, 0.2) is 24.4 Å². The van der Waals surface area contributed by atoms with Gasteiger partial charge in [0.2, 0.25) is 0 Å². The first kappa shape index (κ1) is 8.83. The Labute approximate surface area is 83.4 Å². The zero-order valence-electron chi connectivity index (χ0n) is 8.41. The first-order valence-corrected chi connectivity index (χ1v) is 4.76. The fraction of sp³-hybridized carbons (Fsp3) is 0.250. The van der Waals surface area contributed by atoms with E-state index in [4.69, 9.17) is 5.26 Å². The Kier molecular flexibility index (Phi) is 2.01. The van der Waals surface area contributed by atoms with Crippen molar-refractivity contribution in [2.75, 3.05) is 0 Å². The number of aryl methyl sites for hydroxylation is 2. The summed E-state index contributed by atoms with van der Waals surface area (Å²) >= 11 is 0. The fourth-order valence-electron chi connectivity index (χ4n) is 1.88. The van der Waals surface area contributed by atoms with E-state index in [0.717, 1.165) is 23.0 Å². The van der Waals surface area contributed by atoms with Crippen molar-refractivity contribution in [3.05, 3.63) is 35.5 Å². The maximum atomic E-state index is 9.01. The smallest absolute Gasteiger partial charge is 0.101 e. The monoisotopic (exact) mass is 184 g/mol. The van der Waals surface area contributed by atoms with E-state index in [9.17, 15) is 0 Å². The molecule has 1 aromatic heterocycles. The van der Waals surface area contributed by atoms with E-state index in [1.807, 2.05) is 25.3 Å². The first-order valence-electron chi connectivity index (χ1n) is 4.76. The zero-order chi connectivity index (χ0) is 10.1. The average Bonchev–Trinajstić information content (AvgIpc) is 2.57. The number of rotatable bonds is 1. The summed E-state index contributed by atoms with van der Waals surface area (Å²) in [5.41, 5.74) is 3.11. The van der Waals surface area contributed by atoms with Gasteiger partial charge < -0.3 is 4.57 Å². The predicted octanol–water partition coefficient (Wildman–Crippen LogP) is 2.84. The van der Waals surface area contributed by atoms with Gasteiger partial charge in [-0.2, -0.15) is 5.26 Å². The lowest BCUT2D eigenvalue weighted by Gasteiger charge is -2.00. The predicted molar refractivity (Wildman–Crippen MR) is 57.1 cm³/mol. The molecule has 14 heavy (non-hydrogen) atoms. The van der Waals surface area contributed by atoms with Crippen molar-refractivity contribution < 1.29 is 0 Å². The van der Waals surface area contributed by atoms with Crippen molar-refractivity contribution in [2.24, 2.45) is 0 Å². The minimum absolute atomic E-state index is 0.778. The molecule has 0 atom stereocenters. The molecule has 0 aliphatic carbocycles. The molecule has 0 aliphatic rings. The molecule has 2 nitrogen and oxygen atoms in total. The second-order valence-corrected chi connectivity index (χ2v) is 3.41. The highest BCUT2D eigenvalue weighted by Gasteiger charge is 2.08. The molecule has 0 spiro atoms. The molecule has 2 aromatic rings. The lowest BCUT2D eigenvalue weighted by Crippen LogP contribution is -1.90. The minimum atomic E-state index is 0.778. The lowest BCUT2D eigenvalue weighted by atomic mass is 10.1. The van der Waals surface area contributed by atoms with Gasteiger partial charge in [-0.25, -0.2) is 0 Å². The van der Waals surface area contributed by atoms with Crippen molar-refractivity contribution in [1.29, 1.82) is 5.26 Å². The summed E-state index contributed by atoms with van der Waals surface area (Å²) in [6.45, 7) is 5.04. The number of hydrogen-bond acceptors (Lipinski definition) is 1. The summed E-state index contributed by atoms with van der Waals surface area (Å²) in [6, 6.07) is 8.38. The third-order valence-corrected chi connectivity index (χ3v) is 2.58. The van der Waals surface area contributed by atoms with Crippen LogP contribution in [0.5, 0.6) is 0 Å². The second-order valence-electron chi connectivity index (χ2n) is 3.41. The van der Waals surface area contributed by atoms with Gasteiger partial charge in [0.05, 0.1) is 5.56 Å². The maximum Gasteiger partial charge on any atom is 0.101 e. The molecule has 0 radical (unpaired) electrons. The summed E-state index contributed by atoms with van der Waals surface area (Å²) in [6.07, 6.45) is 1.93. The highest BCUT2D eigenvalue weighted by molar-refractivity contribution is 5.89. The summed E-state index contributed by atoms with van der Waals surface area (Å²) < 4.78 is 2.11. The molecule has 1 aromatic carbocycles. The Balaban J connectivity index is 2.91.